The molecule has 15 heavy (non-hydrogen) atoms. The second kappa shape index (κ2) is 4.94. The first-order valence-electron chi connectivity index (χ1n) is 5.82. The predicted molar refractivity (Wildman–Crippen MR) is 55.8 cm³/mol. The average molecular weight is 213 g/mol. The van der Waals surface area contributed by atoms with Crippen LogP contribution in [0.4, 0.5) is 0 Å². The zero-order chi connectivity index (χ0) is 10.7. The van der Waals surface area contributed by atoms with Crippen LogP contribution in [-0.2, 0) is 9.53 Å². The van der Waals surface area contributed by atoms with Gasteiger partial charge in [-0.2, -0.15) is 0 Å². The Morgan fingerprint density at radius 3 is 2.93 bits per heavy atom. The van der Waals surface area contributed by atoms with E-state index in [1.54, 1.807) is 0 Å². The number of hydrogen-bond acceptors (Lipinski definition) is 3. The number of carboxylic acid groups (broad SMARTS) is 1. The topological polar surface area (TPSA) is 49.8 Å². The summed E-state index contributed by atoms with van der Waals surface area (Å²) in [5, 5.41) is 9.04. The van der Waals surface area contributed by atoms with Gasteiger partial charge in [-0.05, 0) is 38.1 Å². The van der Waals surface area contributed by atoms with Crippen LogP contribution in [0.25, 0.3) is 0 Å². The Balaban J connectivity index is 1.84. The Labute approximate surface area is 90.2 Å². The van der Waals surface area contributed by atoms with E-state index >= 15 is 0 Å². The zero-order valence-electron chi connectivity index (χ0n) is 9.02. The van der Waals surface area contributed by atoms with Crippen LogP contribution in [0.5, 0.6) is 0 Å². The molecule has 2 atom stereocenters. The summed E-state index contributed by atoms with van der Waals surface area (Å²) >= 11 is 0. The normalized spacial score (nSPS) is 33.1. The molecular formula is C11H19NO3. The van der Waals surface area contributed by atoms with Crippen LogP contribution in [-0.4, -0.2) is 48.3 Å². The third-order valence-electron chi connectivity index (χ3n) is 3.40. The minimum absolute atomic E-state index is 0.244. The highest BCUT2D eigenvalue weighted by Gasteiger charge is 2.32. The molecule has 86 valence electrons. The largest absolute Gasteiger partial charge is 0.480 e. The first-order chi connectivity index (χ1) is 7.27. The van der Waals surface area contributed by atoms with Crippen molar-refractivity contribution in [2.75, 3.05) is 26.3 Å². The third-order valence-corrected chi connectivity index (χ3v) is 3.40. The highest BCUT2D eigenvalue weighted by molar-refractivity contribution is 5.73. The lowest BCUT2D eigenvalue weighted by atomic mass is 10.0. The fourth-order valence-corrected chi connectivity index (χ4v) is 2.61. The number of aliphatic carboxylic acids is 1. The summed E-state index contributed by atoms with van der Waals surface area (Å²) in [6, 6.07) is -0.244. The number of likely N-dealkylation sites (tertiary alicyclic amines) is 1. The molecule has 0 bridgehead atoms. The van der Waals surface area contributed by atoms with Gasteiger partial charge in [-0.3, -0.25) is 9.69 Å². The lowest BCUT2D eigenvalue weighted by Gasteiger charge is -2.29. The van der Waals surface area contributed by atoms with E-state index < -0.39 is 5.97 Å². The predicted octanol–water partition coefficient (Wildman–Crippen LogP) is 0.962. The van der Waals surface area contributed by atoms with Crippen LogP contribution in [0.1, 0.15) is 25.7 Å². The fraction of sp³-hybridized carbons (Fsp3) is 0.909. The molecule has 2 fully saturated rings. The van der Waals surface area contributed by atoms with Gasteiger partial charge >= 0.3 is 5.97 Å². The summed E-state index contributed by atoms with van der Waals surface area (Å²) in [5.74, 6) is -0.122. The molecule has 0 spiro atoms. The molecule has 2 unspecified atom stereocenters. The lowest BCUT2D eigenvalue weighted by molar-refractivity contribution is -0.142. The molecule has 0 aromatic carbocycles. The van der Waals surface area contributed by atoms with Crippen molar-refractivity contribution in [3.05, 3.63) is 0 Å². The van der Waals surface area contributed by atoms with Gasteiger partial charge in [-0.25, -0.2) is 0 Å². The summed E-state index contributed by atoms with van der Waals surface area (Å²) in [5.41, 5.74) is 0. The van der Waals surface area contributed by atoms with Crippen LogP contribution in [0, 0.1) is 5.92 Å². The van der Waals surface area contributed by atoms with Crippen molar-refractivity contribution in [3.63, 3.8) is 0 Å². The van der Waals surface area contributed by atoms with E-state index in [1.165, 1.54) is 6.42 Å². The first kappa shape index (κ1) is 10.9. The molecule has 2 saturated heterocycles. The van der Waals surface area contributed by atoms with E-state index in [1.807, 2.05) is 0 Å². The number of ether oxygens (including phenoxy) is 1. The van der Waals surface area contributed by atoms with E-state index in [-0.39, 0.29) is 6.04 Å². The van der Waals surface area contributed by atoms with Crippen molar-refractivity contribution < 1.29 is 14.6 Å². The van der Waals surface area contributed by atoms with Crippen molar-refractivity contribution in [3.8, 4) is 0 Å². The molecule has 4 heteroatoms. The van der Waals surface area contributed by atoms with Gasteiger partial charge in [0.25, 0.3) is 0 Å². The smallest absolute Gasteiger partial charge is 0.320 e. The van der Waals surface area contributed by atoms with Crippen LogP contribution in [0.2, 0.25) is 0 Å². The molecule has 0 radical (unpaired) electrons. The molecule has 2 aliphatic heterocycles. The molecule has 0 amide bonds. The van der Waals surface area contributed by atoms with Gasteiger partial charge in [0.05, 0.1) is 6.61 Å². The van der Waals surface area contributed by atoms with Crippen molar-refractivity contribution in [2.24, 2.45) is 5.92 Å². The summed E-state index contributed by atoms with van der Waals surface area (Å²) in [6.07, 6.45) is 4.13. The summed E-state index contributed by atoms with van der Waals surface area (Å²) in [6.45, 7) is 3.52. The lowest BCUT2D eigenvalue weighted by Crippen LogP contribution is -2.40. The van der Waals surface area contributed by atoms with Gasteiger partial charge in [-0.15, -0.1) is 0 Å². The maximum absolute atomic E-state index is 11.0. The number of carbonyl (C=O) groups is 1. The van der Waals surface area contributed by atoms with Gasteiger partial charge < -0.3 is 9.84 Å². The molecule has 1 N–H and O–H groups in total. The molecule has 0 aromatic heterocycles. The van der Waals surface area contributed by atoms with Crippen molar-refractivity contribution in [1.29, 1.82) is 0 Å². The van der Waals surface area contributed by atoms with Crippen molar-refractivity contribution in [2.45, 2.75) is 31.7 Å². The monoisotopic (exact) mass is 213 g/mol. The average Bonchev–Trinajstić information content (AvgIpc) is 2.67. The van der Waals surface area contributed by atoms with Gasteiger partial charge in [0, 0.05) is 13.2 Å². The Morgan fingerprint density at radius 1 is 1.40 bits per heavy atom. The Kier molecular flexibility index (Phi) is 3.59. The maximum atomic E-state index is 11.0. The zero-order valence-corrected chi connectivity index (χ0v) is 9.02. The van der Waals surface area contributed by atoms with Crippen LogP contribution < -0.4 is 0 Å². The molecule has 2 heterocycles. The minimum Gasteiger partial charge on any atom is -0.480 e. The molecule has 4 nitrogen and oxygen atoms in total. The molecule has 0 aliphatic carbocycles. The standard InChI is InChI=1S/C11H19NO3/c13-11(14)10-4-1-5-12(10)7-9-3-2-6-15-8-9/h9-10H,1-8H2,(H,13,14). The van der Waals surface area contributed by atoms with Gasteiger partial charge in [0.2, 0.25) is 0 Å². The molecule has 0 aromatic rings. The van der Waals surface area contributed by atoms with Crippen LogP contribution in [0.3, 0.4) is 0 Å². The Morgan fingerprint density at radius 2 is 2.27 bits per heavy atom. The molecule has 0 saturated carbocycles. The Bertz CT molecular complexity index is 226. The summed E-state index contributed by atoms with van der Waals surface area (Å²) in [7, 11) is 0. The van der Waals surface area contributed by atoms with Gasteiger partial charge in [-0.1, -0.05) is 0 Å². The first-order valence-corrected chi connectivity index (χ1v) is 5.82. The minimum atomic E-state index is -0.663. The van der Waals surface area contributed by atoms with Crippen molar-refractivity contribution in [1.82, 2.24) is 4.90 Å². The maximum Gasteiger partial charge on any atom is 0.320 e. The SMILES string of the molecule is O=C(O)C1CCCN1CC1CCCOC1. The van der Waals surface area contributed by atoms with Crippen molar-refractivity contribution >= 4 is 5.97 Å². The van der Waals surface area contributed by atoms with E-state index in [4.69, 9.17) is 9.84 Å². The number of rotatable bonds is 3. The van der Waals surface area contributed by atoms with E-state index in [0.717, 1.165) is 45.6 Å². The van der Waals surface area contributed by atoms with Crippen LogP contribution in [0.15, 0.2) is 0 Å². The second-order valence-corrected chi connectivity index (χ2v) is 4.57. The number of carboxylic acids is 1. The highest BCUT2D eigenvalue weighted by atomic mass is 16.5. The fourth-order valence-electron chi connectivity index (χ4n) is 2.61. The quantitative estimate of drug-likeness (QED) is 0.758. The number of nitrogens with zero attached hydrogens (tertiary/aromatic N) is 1. The number of hydrogen-bond donors (Lipinski definition) is 1. The molecular weight excluding hydrogens is 194 g/mol. The molecule has 2 aliphatic rings. The summed E-state index contributed by atoms with van der Waals surface area (Å²) in [4.78, 5) is 13.1. The van der Waals surface area contributed by atoms with E-state index in [2.05, 4.69) is 4.90 Å². The van der Waals surface area contributed by atoms with Crippen LogP contribution >= 0.6 is 0 Å². The van der Waals surface area contributed by atoms with Gasteiger partial charge in [0.15, 0.2) is 0 Å². The molecule has 2 rings (SSSR count). The van der Waals surface area contributed by atoms with E-state index in [9.17, 15) is 4.79 Å². The van der Waals surface area contributed by atoms with Gasteiger partial charge in [0.1, 0.15) is 6.04 Å². The highest BCUT2D eigenvalue weighted by Crippen LogP contribution is 2.22. The summed E-state index contributed by atoms with van der Waals surface area (Å²) < 4.78 is 5.41. The Hall–Kier alpha value is -0.610. The van der Waals surface area contributed by atoms with E-state index in [0.29, 0.717) is 5.92 Å². The third kappa shape index (κ3) is 2.69. The second-order valence-electron chi connectivity index (χ2n) is 4.57.